The maximum Gasteiger partial charge on any atom is 0.145 e. The van der Waals surface area contributed by atoms with Gasteiger partial charge in [0.2, 0.25) is 0 Å². The van der Waals surface area contributed by atoms with Crippen molar-refractivity contribution in [2.45, 2.75) is 19.4 Å². The highest BCUT2D eigenvalue weighted by Crippen LogP contribution is 2.24. The van der Waals surface area contributed by atoms with E-state index in [4.69, 9.17) is 5.73 Å². The molecule has 0 saturated heterocycles. The third-order valence-electron chi connectivity index (χ3n) is 4.63. The highest BCUT2D eigenvalue weighted by Gasteiger charge is 2.08. The largest absolute Gasteiger partial charge is 0.367 e. The van der Waals surface area contributed by atoms with Gasteiger partial charge >= 0.3 is 0 Å². The third kappa shape index (κ3) is 4.21. The van der Waals surface area contributed by atoms with Crippen LogP contribution in [0.25, 0.3) is 22.2 Å². The van der Waals surface area contributed by atoms with Crippen molar-refractivity contribution in [2.24, 2.45) is 5.73 Å². The van der Waals surface area contributed by atoms with Crippen LogP contribution in [0.15, 0.2) is 59.3 Å². The molecule has 2 aromatic carbocycles. The van der Waals surface area contributed by atoms with Crippen LogP contribution in [0.2, 0.25) is 0 Å². The molecule has 4 rings (SSSR count). The van der Waals surface area contributed by atoms with Gasteiger partial charge in [-0.05, 0) is 43.2 Å². The lowest BCUT2D eigenvalue weighted by molar-refractivity contribution is 0.697. The van der Waals surface area contributed by atoms with Crippen molar-refractivity contribution in [3.8, 4) is 11.3 Å². The number of hydrogen-bond acceptors (Lipinski definition) is 5. The Kier molecular flexibility index (Phi) is 5.36. The van der Waals surface area contributed by atoms with Gasteiger partial charge in [-0.1, -0.05) is 34.1 Å². The van der Waals surface area contributed by atoms with Gasteiger partial charge in [-0.3, -0.25) is 10.1 Å². The second-order valence-electron chi connectivity index (χ2n) is 6.84. The van der Waals surface area contributed by atoms with Crippen LogP contribution in [0.5, 0.6) is 0 Å². The number of nitrogens with one attached hydrogen (secondary N) is 2. The number of nitrogens with two attached hydrogens (primary N) is 1. The summed E-state index contributed by atoms with van der Waals surface area (Å²) in [5.74, 6) is 0.716. The van der Waals surface area contributed by atoms with Gasteiger partial charge < -0.3 is 11.1 Å². The van der Waals surface area contributed by atoms with Gasteiger partial charge in [0, 0.05) is 33.7 Å². The highest BCUT2D eigenvalue weighted by atomic mass is 79.9. The van der Waals surface area contributed by atoms with Crippen LogP contribution in [0.1, 0.15) is 11.3 Å². The first-order valence-electron chi connectivity index (χ1n) is 9.09. The molecule has 0 bridgehead atoms. The zero-order chi connectivity index (χ0) is 19.5. The van der Waals surface area contributed by atoms with Crippen molar-refractivity contribution in [2.75, 3.05) is 11.9 Å². The lowest BCUT2D eigenvalue weighted by atomic mass is 10.1. The first-order valence-corrected chi connectivity index (χ1v) is 9.89. The molecule has 28 heavy (non-hydrogen) atoms. The van der Waals surface area contributed by atoms with E-state index in [2.05, 4.69) is 59.6 Å². The van der Waals surface area contributed by atoms with Crippen LogP contribution < -0.4 is 11.1 Å². The quantitative estimate of drug-likeness (QED) is 0.423. The summed E-state index contributed by atoms with van der Waals surface area (Å²) in [6.07, 6.45) is 4.28. The maximum absolute atomic E-state index is 6.28. The summed E-state index contributed by atoms with van der Waals surface area (Å²) in [5, 5.41) is 11.7. The van der Waals surface area contributed by atoms with E-state index in [-0.39, 0.29) is 6.04 Å². The van der Waals surface area contributed by atoms with Gasteiger partial charge in [0.1, 0.15) is 5.82 Å². The smallest absolute Gasteiger partial charge is 0.145 e. The zero-order valence-corrected chi connectivity index (χ0v) is 17.1. The molecule has 2 aromatic heterocycles. The van der Waals surface area contributed by atoms with Gasteiger partial charge in [0.05, 0.1) is 23.6 Å². The van der Waals surface area contributed by atoms with Crippen molar-refractivity contribution in [1.29, 1.82) is 0 Å². The van der Waals surface area contributed by atoms with Crippen molar-refractivity contribution < 1.29 is 0 Å². The molecule has 0 amide bonds. The number of nitrogens with zero attached hydrogens (tertiary/aromatic N) is 3. The Balaban J connectivity index is 1.44. The molecule has 0 spiro atoms. The molecule has 4 N–H and O–H groups in total. The van der Waals surface area contributed by atoms with E-state index in [1.54, 1.807) is 12.4 Å². The Morgan fingerprint density at radius 2 is 1.96 bits per heavy atom. The fourth-order valence-electron chi connectivity index (χ4n) is 3.12. The summed E-state index contributed by atoms with van der Waals surface area (Å²) in [5.41, 5.74) is 11.3. The summed E-state index contributed by atoms with van der Waals surface area (Å²) < 4.78 is 1.07. The van der Waals surface area contributed by atoms with Crippen molar-refractivity contribution in [1.82, 2.24) is 20.2 Å². The maximum atomic E-state index is 6.28. The fourth-order valence-corrected chi connectivity index (χ4v) is 3.38. The minimum Gasteiger partial charge on any atom is -0.367 e. The molecular formula is C21H21BrN6. The summed E-state index contributed by atoms with van der Waals surface area (Å²) in [7, 11) is 0. The average molecular weight is 437 g/mol. The van der Waals surface area contributed by atoms with E-state index in [1.807, 2.05) is 31.2 Å². The number of fused-ring (bicyclic) bond motifs is 1. The number of halogens is 1. The monoisotopic (exact) mass is 436 g/mol. The van der Waals surface area contributed by atoms with Gasteiger partial charge in [-0.25, -0.2) is 4.98 Å². The minimum absolute atomic E-state index is 0.0171. The van der Waals surface area contributed by atoms with Crippen LogP contribution in [0, 0.1) is 6.92 Å². The van der Waals surface area contributed by atoms with Crippen molar-refractivity contribution >= 4 is 32.7 Å². The molecule has 142 valence electrons. The Morgan fingerprint density at radius 1 is 1.14 bits per heavy atom. The highest BCUT2D eigenvalue weighted by molar-refractivity contribution is 9.10. The van der Waals surface area contributed by atoms with Gasteiger partial charge in [0.25, 0.3) is 0 Å². The van der Waals surface area contributed by atoms with Crippen molar-refractivity contribution in [3.05, 3.63) is 70.6 Å². The van der Waals surface area contributed by atoms with E-state index in [9.17, 15) is 0 Å². The van der Waals surface area contributed by atoms with E-state index in [0.29, 0.717) is 12.4 Å². The first-order chi connectivity index (χ1) is 13.6. The molecule has 0 aliphatic heterocycles. The topological polar surface area (TPSA) is 92.5 Å². The van der Waals surface area contributed by atoms with Crippen LogP contribution in [-0.4, -0.2) is 32.8 Å². The average Bonchev–Trinajstić information content (AvgIpc) is 3.09. The number of aromatic amines is 1. The SMILES string of the molecule is Cc1[nH]nc2ccc(-c3cncc(NCC(N)Cc4ccc(Br)cc4)n3)cc12. The predicted molar refractivity (Wildman–Crippen MR) is 116 cm³/mol. The van der Waals surface area contributed by atoms with E-state index in [1.165, 1.54) is 5.56 Å². The normalized spacial score (nSPS) is 12.2. The Hall–Kier alpha value is -2.77. The molecule has 0 aliphatic rings. The number of aromatic nitrogens is 4. The first kappa shape index (κ1) is 18.6. The molecule has 2 heterocycles. The number of hydrogen-bond donors (Lipinski definition) is 3. The second kappa shape index (κ2) is 8.08. The van der Waals surface area contributed by atoms with E-state index < -0.39 is 0 Å². The summed E-state index contributed by atoms with van der Waals surface area (Å²) in [6, 6.07) is 14.3. The van der Waals surface area contributed by atoms with Gasteiger partial charge in [-0.2, -0.15) is 5.10 Å². The van der Waals surface area contributed by atoms with E-state index >= 15 is 0 Å². The zero-order valence-electron chi connectivity index (χ0n) is 15.5. The lowest BCUT2D eigenvalue weighted by Gasteiger charge is -2.14. The lowest BCUT2D eigenvalue weighted by Crippen LogP contribution is -2.31. The number of benzene rings is 2. The Morgan fingerprint density at radius 3 is 2.79 bits per heavy atom. The van der Waals surface area contributed by atoms with Gasteiger partial charge in [-0.15, -0.1) is 0 Å². The summed E-state index contributed by atoms with van der Waals surface area (Å²) >= 11 is 3.45. The Labute approximate surface area is 171 Å². The number of rotatable bonds is 6. The number of anilines is 1. The summed E-state index contributed by atoms with van der Waals surface area (Å²) in [6.45, 7) is 2.63. The third-order valence-corrected chi connectivity index (χ3v) is 5.16. The van der Waals surface area contributed by atoms with Gasteiger partial charge in [0.15, 0.2) is 0 Å². The molecule has 1 unspecified atom stereocenters. The molecule has 4 aromatic rings. The molecule has 6 nitrogen and oxygen atoms in total. The fraction of sp³-hybridized carbons (Fsp3) is 0.190. The molecule has 1 atom stereocenters. The molecular weight excluding hydrogens is 416 g/mol. The molecule has 0 aliphatic carbocycles. The Bertz CT molecular complexity index is 1090. The van der Waals surface area contributed by atoms with Crippen molar-refractivity contribution in [3.63, 3.8) is 0 Å². The molecule has 0 radical (unpaired) electrons. The van der Waals surface area contributed by atoms with Crippen LogP contribution >= 0.6 is 15.9 Å². The van der Waals surface area contributed by atoms with Crippen LogP contribution in [0.4, 0.5) is 5.82 Å². The predicted octanol–water partition coefficient (Wildman–Crippen LogP) is 4.07. The van der Waals surface area contributed by atoms with E-state index in [0.717, 1.165) is 38.7 Å². The molecule has 0 fully saturated rings. The summed E-state index contributed by atoms with van der Waals surface area (Å²) in [4.78, 5) is 9.02. The second-order valence-corrected chi connectivity index (χ2v) is 7.76. The number of aryl methyl sites for hydroxylation is 1. The number of H-pyrrole nitrogens is 1. The van der Waals surface area contributed by atoms with Crippen LogP contribution in [0.3, 0.4) is 0 Å². The van der Waals surface area contributed by atoms with Crippen LogP contribution in [-0.2, 0) is 6.42 Å². The molecule has 0 saturated carbocycles. The standard InChI is InChI=1S/C21H21BrN6/c1-13-18-9-15(4-7-19(18)28-27-13)20-11-24-12-21(26-20)25-10-17(23)8-14-2-5-16(22)6-3-14/h2-7,9,11-12,17H,8,10,23H2,1H3,(H,25,26)(H,27,28). The molecule has 7 heteroatoms. The minimum atomic E-state index is -0.0171.